The number of ether oxygens (including phenoxy) is 1. The van der Waals surface area contributed by atoms with Gasteiger partial charge in [0.25, 0.3) is 0 Å². The highest BCUT2D eigenvalue weighted by Gasteiger charge is 2.43. The van der Waals surface area contributed by atoms with Crippen LogP contribution >= 0.6 is 12.6 Å². The van der Waals surface area contributed by atoms with Crippen LogP contribution in [0.4, 0.5) is 0 Å². The fourth-order valence-electron chi connectivity index (χ4n) is 2.22. The van der Waals surface area contributed by atoms with E-state index in [1.165, 1.54) is 12.8 Å². The first-order valence-corrected chi connectivity index (χ1v) is 6.79. The van der Waals surface area contributed by atoms with E-state index in [-0.39, 0.29) is 11.5 Å². The molecule has 1 saturated heterocycles. The molecule has 1 aliphatic heterocycles. The van der Waals surface area contributed by atoms with Gasteiger partial charge >= 0.3 is 0 Å². The average Bonchev–Trinajstić information content (AvgIpc) is 3.04. The summed E-state index contributed by atoms with van der Waals surface area (Å²) in [5.74, 6) is 1.14. The Morgan fingerprint density at radius 1 is 1.56 bits per heavy atom. The molecule has 1 saturated carbocycles. The molecule has 0 spiro atoms. The maximum atomic E-state index is 12.1. The number of nitrogens with zero attached hydrogens (tertiary/aromatic N) is 1. The molecular weight excluding hydrogens is 222 g/mol. The number of amides is 1. The van der Waals surface area contributed by atoms with Gasteiger partial charge in [0.15, 0.2) is 0 Å². The Bertz CT molecular complexity index is 266. The van der Waals surface area contributed by atoms with E-state index >= 15 is 0 Å². The molecule has 1 aliphatic carbocycles. The number of hydrogen-bond acceptors (Lipinski definition) is 3. The van der Waals surface area contributed by atoms with Gasteiger partial charge < -0.3 is 9.64 Å². The van der Waals surface area contributed by atoms with E-state index in [2.05, 4.69) is 12.6 Å². The van der Waals surface area contributed by atoms with Crippen molar-refractivity contribution in [1.82, 2.24) is 4.90 Å². The van der Waals surface area contributed by atoms with Gasteiger partial charge in [0.2, 0.25) is 5.91 Å². The van der Waals surface area contributed by atoms with Gasteiger partial charge in [0.05, 0.1) is 6.10 Å². The summed E-state index contributed by atoms with van der Waals surface area (Å²) in [4.78, 5) is 14.1. The summed E-state index contributed by atoms with van der Waals surface area (Å²) < 4.78 is 5.55. The molecule has 0 aromatic heterocycles. The molecule has 1 unspecified atom stereocenters. The maximum Gasteiger partial charge on any atom is 0.223 e. The third kappa shape index (κ3) is 2.92. The Morgan fingerprint density at radius 2 is 2.31 bits per heavy atom. The summed E-state index contributed by atoms with van der Waals surface area (Å²) in [5, 5.41) is 0. The van der Waals surface area contributed by atoms with Crippen LogP contribution in [0.5, 0.6) is 0 Å². The van der Waals surface area contributed by atoms with Crippen molar-refractivity contribution in [3.05, 3.63) is 0 Å². The number of carbonyl (C=O) groups is 1. The molecule has 0 aromatic carbocycles. The van der Waals surface area contributed by atoms with E-state index < -0.39 is 0 Å². The summed E-state index contributed by atoms with van der Waals surface area (Å²) >= 11 is 4.35. The molecule has 2 rings (SSSR count). The number of carbonyl (C=O) groups excluding carboxylic acids is 1. The number of hydrogen-bond donors (Lipinski definition) is 1. The van der Waals surface area contributed by atoms with Crippen LogP contribution in [0.15, 0.2) is 0 Å². The predicted molar refractivity (Wildman–Crippen MR) is 66.7 cm³/mol. The van der Waals surface area contributed by atoms with E-state index in [0.717, 1.165) is 31.9 Å². The fraction of sp³-hybridized carbons (Fsp3) is 0.917. The van der Waals surface area contributed by atoms with Crippen LogP contribution in [-0.4, -0.2) is 42.4 Å². The Kier molecular flexibility index (Phi) is 3.80. The van der Waals surface area contributed by atoms with Crippen LogP contribution < -0.4 is 0 Å². The van der Waals surface area contributed by atoms with Crippen LogP contribution in [-0.2, 0) is 9.53 Å². The van der Waals surface area contributed by atoms with Gasteiger partial charge in [-0.1, -0.05) is 0 Å². The first-order valence-electron chi connectivity index (χ1n) is 6.15. The smallest absolute Gasteiger partial charge is 0.223 e. The zero-order chi connectivity index (χ0) is 11.6. The van der Waals surface area contributed by atoms with E-state index in [1.54, 1.807) is 0 Å². The second-order valence-corrected chi connectivity index (χ2v) is 5.53. The van der Waals surface area contributed by atoms with Crippen LogP contribution in [0.3, 0.4) is 0 Å². The molecule has 0 radical (unpaired) electrons. The van der Waals surface area contributed by atoms with Crippen molar-refractivity contribution < 1.29 is 9.53 Å². The molecule has 0 bridgehead atoms. The second-order valence-electron chi connectivity index (χ2n) is 5.21. The SMILES string of the molecule is CC1CN(C(=O)CC2(CS)CC2)CCCO1. The van der Waals surface area contributed by atoms with Crippen molar-refractivity contribution in [3.63, 3.8) is 0 Å². The van der Waals surface area contributed by atoms with Crippen LogP contribution in [0.2, 0.25) is 0 Å². The Hall–Kier alpha value is -0.220. The first-order chi connectivity index (χ1) is 7.65. The van der Waals surface area contributed by atoms with E-state index in [4.69, 9.17) is 4.74 Å². The molecular formula is C12H21NO2S. The molecule has 4 heteroatoms. The van der Waals surface area contributed by atoms with Crippen molar-refractivity contribution in [2.24, 2.45) is 5.41 Å². The zero-order valence-corrected chi connectivity index (χ0v) is 10.8. The van der Waals surface area contributed by atoms with Gasteiger partial charge in [0.1, 0.15) is 0 Å². The summed E-state index contributed by atoms with van der Waals surface area (Å²) in [6, 6.07) is 0. The van der Waals surface area contributed by atoms with Gasteiger partial charge in [-0.2, -0.15) is 12.6 Å². The number of thiol groups is 1. The highest BCUT2D eigenvalue weighted by molar-refractivity contribution is 7.80. The Labute approximate surface area is 103 Å². The van der Waals surface area contributed by atoms with Gasteiger partial charge in [-0.15, -0.1) is 0 Å². The third-order valence-electron chi connectivity index (χ3n) is 3.62. The van der Waals surface area contributed by atoms with Gasteiger partial charge in [0, 0.05) is 26.1 Å². The highest BCUT2D eigenvalue weighted by atomic mass is 32.1. The summed E-state index contributed by atoms with van der Waals surface area (Å²) in [7, 11) is 0. The monoisotopic (exact) mass is 243 g/mol. The predicted octanol–water partition coefficient (Wildman–Crippen LogP) is 1.72. The molecule has 0 N–H and O–H groups in total. The largest absolute Gasteiger partial charge is 0.377 e. The number of rotatable bonds is 3. The van der Waals surface area contributed by atoms with Crippen LogP contribution in [0, 0.1) is 5.41 Å². The Balaban J connectivity index is 1.88. The third-order valence-corrected chi connectivity index (χ3v) is 4.29. The van der Waals surface area contributed by atoms with E-state index in [1.807, 2.05) is 11.8 Å². The van der Waals surface area contributed by atoms with Gasteiger partial charge in [-0.25, -0.2) is 0 Å². The molecule has 1 heterocycles. The average molecular weight is 243 g/mol. The van der Waals surface area contributed by atoms with Crippen molar-refractivity contribution in [3.8, 4) is 0 Å². The summed E-state index contributed by atoms with van der Waals surface area (Å²) in [5.41, 5.74) is 0.233. The summed E-state index contributed by atoms with van der Waals surface area (Å²) in [6.45, 7) is 4.42. The van der Waals surface area contributed by atoms with Crippen LogP contribution in [0.1, 0.15) is 32.6 Å². The lowest BCUT2D eigenvalue weighted by atomic mass is 10.0. The fourth-order valence-corrected chi connectivity index (χ4v) is 2.65. The lowest BCUT2D eigenvalue weighted by Crippen LogP contribution is -2.37. The summed E-state index contributed by atoms with van der Waals surface area (Å²) in [6.07, 6.45) is 4.16. The second kappa shape index (κ2) is 4.96. The zero-order valence-electron chi connectivity index (χ0n) is 9.95. The normalized spacial score (nSPS) is 28.6. The van der Waals surface area contributed by atoms with Crippen LogP contribution in [0.25, 0.3) is 0 Å². The standard InChI is InChI=1S/C12H21NO2S/c1-10-8-13(5-2-6-15-10)11(14)7-12(9-16)3-4-12/h10,16H,2-9H2,1H3. The molecule has 2 fully saturated rings. The maximum absolute atomic E-state index is 12.1. The van der Waals surface area contributed by atoms with Crippen molar-refractivity contribution in [1.29, 1.82) is 0 Å². The molecule has 2 aliphatic rings. The molecule has 3 nitrogen and oxygen atoms in total. The lowest BCUT2D eigenvalue weighted by Gasteiger charge is -2.24. The van der Waals surface area contributed by atoms with Gasteiger partial charge in [-0.3, -0.25) is 4.79 Å². The first kappa shape index (κ1) is 12.2. The minimum Gasteiger partial charge on any atom is -0.377 e. The molecule has 1 amide bonds. The minimum atomic E-state index is 0.178. The van der Waals surface area contributed by atoms with Crippen molar-refractivity contribution in [2.75, 3.05) is 25.4 Å². The lowest BCUT2D eigenvalue weighted by molar-refractivity contribution is -0.133. The molecule has 1 atom stereocenters. The molecule has 16 heavy (non-hydrogen) atoms. The van der Waals surface area contributed by atoms with E-state index in [0.29, 0.717) is 12.3 Å². The van der Waals surface area contributed by atoms with Crippen molar-refractivity contribution >= 4 is 18.5 Å². The molecule has 0 aromatic rings. The van der Waals surface area contributed by atoms with Gasteiger partial charge in [-0.05, 0) is 37.4 Å². The Morgan fingerprint density at radius 3 is 2.94 bits per heavy atom. The van der Waals surface area contributed by atoms with Crippen molar-refractivity contribution in [2.45, 2.75) is 38.7 Å². The minimum absolute atomic E-state index is 0.178. The topological polar surface area (TPSA) is 29.5 Å². The quantitative estimate of drug-likeness (QED) is 0.765. The molecule has 92 valence electrons. The highest BCUT2D eigenvalue weighted by Crippen LogP contribution is 2.49. The van der Waals surface area contributed by atoms with E-state index in [9.17, 15) is 4.79 Å².